The van der Waals surface area contributed by atoms with Gasteiger partial charge in [0.2, 0.25) is 0 Å². The van der Waals surface area contributed by atoms with Gasteiger partial charge in [0.15, 0.2) is 5.79 Å². The predicted octanol–water partition coefficient (Wildman–Crippen LogP) is 7.24. The summed E-state index contributed by atoms with van der Waals surface area (Å²) in [4.78, 5) is 12.9. The highest BCUT2D eigenvalue weighted by Gasteiger charge is 2.65. The van der Waals surface area contributed by atoms with Crippen molar-refractivity contribution in [2.75, 3.05) is 6.61 Å². The van der Waals surface area contributed by atoms with Gasteiger partial charge < -0.3 is 14.6 Å². The Morgan fingerprint density at radius 2 is 1.75 bits per heavy atom. The number of ketones is 1. The van der Waals surface area contributed by atoms with Gasteiger partial charge in [-0.15, -0.1) is 0 Å². The first-order chi connectivity index (χ1) is 17.1. The molecule has 1 aromatic carbocycles. The highest BCUT2D eigenvalue weighted by atomic mass is 16.6. The molecule has 4 aliphatic rings. The molecule has 5 rings (SSSR count). The van der Waals surface area contributed by atoms with Gasteiger partial charge in [0.1, 0.15) is 11.5 Å². The van der Waals surface area contributed by atoms with Crippen molar-refractivity contribution in [1.29, 1.82) is 0 Å². The van der Waals surface area contributed by atoms with E-state index in [1.165, 1.54) is 18.4 Å². The van der Waals surface area contributed by atoms with Crippen molar-refractivity contribution in [3.8, 4) is 5.75 Å². The molecule has 3 fully saturated rings. The SMILES string of the molecule is CCOc1ccc(CO[C@@]2(O)CC[C@@]3(C)C(=CCC4C3CC[C@@]3(C)C4CC[C@]3(CC)C(C)=O)C2)cc1. The smallest absolute Gasteiger partial charge is 0.169 e. The molecule has 3 unspecified atom stereocenters. The molecular weight excluding hydrogens is 448 g/mol. The Hall–Kier alpha value is -1.65. The summed E-state index contributed by atoms with van der Waals surface area (Å²) in [5, 5.41) is 11.4. The number of allylic oxidation sites excluding steroid dienone is 1. The first-order valence-electron chi connectivity index (χ1n) is 14.4. The third-order valence-electron chi connectivity index (χ3n) is 11.5. The molecule has 0 radical (unpaired) electrons. The molecular formula is C32H46O4. The number of benzene rings is 1. The Bertz CT molecular complexity index is 1010. The third kappa shape index (κ3) is 3.89. The van der Waals surface area contributed by atoms with E-state index in [9.17, 15) is 9.90 Å². The zero-order valence-electron chi connectivity index (χ0n) is 23.1. The summed E-state index contributed by atoms with van der Waals surface area (Å²) >= 11 is 0. The number of Topliss-reactive ketones (excluding diaryl/α,β-unsaturated/α-hetero) is 1. The Morgan fingerprint density at radius 3 is 2.42 bits per heavy atom. The van der Waals surface area contributed by atoms with E-state index in [0.29, 0.717) is 49.6 Å². The fraction of sp³-hybridized carbons (Fsp3) is 0.719. The normalized spacial score (nSPS) is 41.6. The van der Waals surface area contributed by atoms with E-state index < -0.39 is 5.79 Å². The van der Waals surface area contributed by atoms with Gasteiger partial charge in [-0.25, -0.2) is 0 Å². The van der Waals surface area contributed by atoms with Crippen molar-refractivity contribution in [2.24, 2.45) is 34.0 Å². The molecule has 0 amide bonds. The number of rotatable bonds is 7. The summed E-state index contributed by atoms with van der Waals surface area (Å²) in [7, 11) is 0. The second-order valence-electron chi connectivity index (χ2n) is 12.7. The molecule has 4 heteroatoms. The maximum atomic E-state index is 12.9. The van der Waals surface area contributed by atoms with Gasteiger partial charge in [0, 0.05) is 18.3 Å². The zero-order valence-corrected chi connectivity index (χ0v) is 23.1. The van der Waals surface area contributed by atoms with Crippen LogP contribution in [0.2, 0.25) is 0 Å². The van der Waals surface area contributed by atoms with Crippen LogP contribution < -0.4 is 4.74 Å². The van der Waals surface area contributed by atoms with Gasteiger partial charge in [-0.3, -0.25) is 4.79 Å². The van der Waals surface area contributed by atoms with E-state index in [2.05, 4.69) is 26.8 Å². The number of hydrogen-bond acceptors (Lipinski definition) is 4. The van der Waals surface area contributed by atoms with Crippen molar-refractivity contribution in [1.82, 2.24) is 0 Å². The minimum atomic E-state index is -1.10. The average molecular weight is 495 g/mol. The minimum absolute atomic E-state index is 0.130. The van der Waals surface area contributed by atoms with Gasteiger partial charge in [-0.2, -0.15) is 0 Å². The summed E-state index contributed by atoms with van der Waals surface area (Å²) in [6, 6.07) is 7.97. The number of hydrogen-bond donors (Lipinski definition) is 1. The third-order valence-corrected chi connectivity index (χ3v) is 11.5. The van der Waals surface area contributed by atoms with Crippen LogP contribution in [0.5, 0.6) is 5.75 Å². The molecule has 7 atom stereocenters. The summed E-state index contributed by atoms with van der Waals surface area (Å²) < 4.78 is 11.7. The number of carbonyl (C=O) groups is 1. The molecule has 4 aliphatic carbocycles. The Labute approximate surface area is 217 Å². The van der Waals surface area contributed by atoms with E-state index in [1.54, 1.807) is 0 Å². The summed E-state index contributed by atoms with van der Waals surface area (Å²) in [5.41, 5.74) is 2.59. The molecule has 0 bridgehead atoms. The van der Waals surface area contributed by atoms with Gasteiger partial charge in [-0.1, -0.05) is 44.6 Å². The number of fused-ring (bicyclic) bond motifs is 5. The molecule has 0 heterocycles. The van der Waals surface area contributed by atoms with Crippen LogP contribution in [0.15, 0.2) is 35.9 Å². The Balaban J connectivity index is 1.31. The molecule has 0 aromatic heterocycles. The maximum Gasteiger partial charge on any atom is 0.169 e. The van der Waals surface area contributed by atoms with Gasteiger partial charge in [0.25, 0.3) is 0 Å². The molecule has 0 aliphatic heterocycles. The highest BCUT2D eigenvalue weighted by Crippen LogP contribution is 2.70. The topological polar surface area (TPSA) is 55.8 Å². The Kier molecular flexibility index (Phi) is 6.69. The van der Waals surface area contributed by atoms with Crippen molar-refractivity contribution >= 4 is 5.78 Å². The standard InChI is InChI=1S/C32H46O4/c1-6-31(22(3)33)17-15-28-26-13-10-24-20-32(34,36-21-23-8-11-25(12-9-23)35-7-2)19-18-29(24,4)27(26)14-16-30(28,31)5/h8-12,26-28,34H,6-7,13-21H2,1-5H3/t26?,27?,28?,29-,30-,31+,32-/m0/s1. The van der Waals surface area contributed by atoms with E-state index in [1.807, 2.05) is 38.1 Å². The van der Waals surface area contributed by atoms with Crippen molar-refractivity contribution in [2.45, 2.75) is 105 Å². The molecule has 36 heavy (non-hydrogen) atoms. The van der Waals surface area contributed by atoms with Gasteiger partial charge in [0.05, 0.1) is 13.2 Å². The quantitative estimate of drug-likeness (QED) is 0.321. The van der Waals surface area contributed by atoms with Gasteiger partial charge >= 0.3 is 0 Å². The molecule has 1 N–H and O–H groups in total. The molecule has 4 nitrogen and oxygen atoms in total. The number of ether oxygens (including phenoxy) is 2. The van der Waals surface area contributed by atoms with E-state index in [0.717, 1.165) is 43.4 Å². The van der Waals surface area contributed by atoms with Crippen LogP contribution in [0.25, 0.3) is 0 Å². The fourth-order valence-corrected chi connectivity index (χ4v) is 9.35. The molecule has 0 spiro atoms. The molecule has 0 saturated heterocycles. The van der Waals surface area contributed by atoms with Crippen LogP contribution in [-0.4, -0.2) is 23.3 Å². The Morgan fingerprint density at radius 1 is 1.03 bits per heavy atom. The van der Waals surface area contributed by atoms with E-state index in [-0.39, 0.29) is 16.2 Å². The summed E-state index contributed by atoms with van der Waals surface area (Å²) in [6.45, 7) is 12.0. The van der Waals surface area contributed by atoms with Crippen LogP contribution in [0.4, 0.5) is 0 Å². The highest BCUT2D eigenvalue weighted by molar-refractivity contribution is 5.83. The van der Waals surface area contributed by atoms with Gasteiger partial charge in [-0.05, 0) is 105 Å². The van der Waals surface area contributed by atoms with Crippen LogP contribution in [0.3, 0.4) is 0 Å². The second kappa shape index (κ2) is 9.27. The lowest BCUT2D eigenvalue weighted by atomic mass is 9.45. The monoisotopic (exact) mass is 494 g/mol. The van der Waals surface area contributed by atoms with Crippen LogP contribution in [0.1, 0.15) is 98.0 Å². The molecule has 3 saturated carbocycles. The molecule has 1 aromatic rings. The zero-order chi connectivity index (χ0) is 25.8. The first-order valence-corrected chi connectivity index (χ1v) is 14.4. The maximum absolute atomic E-state index is 12.9. The lowest BCUT2D eigenvalue weighted by Gasteiger charge is -2.60. The fourth-order valence-electron chi connectivity index (χ4n) is 9.35. The van der Waals surface area contributed by atoms with Crippen molar-refractivity contribution in [3.05, 3.63) is 41.5 Å². The first kappa shape index (κ1) is 26.0. The van der Waals surface area contributed by atoms with Crippen LogP contribution in [-0.2, 0) is 16.1 Å². The second-order valence-corrected chi connectivity index (χ2v) is 12.7. The number of aliphatic hydroxyl groups is 1. The van der Waals surface area contributed by atoms with Crippen molar-refractivity contribution < 1.29 is 19.4 Å². The largest absolute Gasteiger partial charge is 0.494 e. The van der Waals surface area contributed by atoms with E-state index in [4.69, 9.17) is 9.47 Å². The minimum Gasteiger partial charge on any atom is -0.494 e. The van der Waals surface area contributed by atoms with Crippen LogP contribution >= 0.6 is 0 Å². The van der Waals surface area contributed by atoms with Crippen molar-refractivity contribution in [3.63, 3.8) is 0 Å². The average Bonchev–Trinajstić information content (AvgIpc) is 3.18. The molecule has 198 valence electrons. The summed E-state index contributed by atoms with van der Waals surface area (Å²) in [5.74, 6) is 2.11. The van der Waals surface area contributed by atoms with Crippen LogP contribution in [0, 0.1) is 34.0 Å². The summed E-state index contributed by atoms with van der Waals surface area (Å²) in [6.07, 6.45) is 11.4. The lowest BCUT2D eigenvalue weighted by Crippen LogP contribution is -2.55. The predicted molar refractivity (Wildman–Crippen MR) is 142 cm³/mol. The lowest BCUT2D eigenvalue weighted by molar-refractivity contribution is -0.231. The van der Waals surface area contributed by atoms with E-state index >= 15 is 0 Å². The number of carbonyl (C=O) groups excluding carboxylic acids is 1.